The molecule has 7 heteroatoms. The Labute approximate surface area is 127 Å². The molecule has 0 aliphatic carbocycles. The second-order valence-corrected chi connectivity index (χ2v) is 5.21. The first-order valence-electron chi connectivity index (χ1n) is 4.99. The first-order chi connectivity index (χ1) is 8.95. The van der Waals surface area contributed by atoms with Gasteiger partial charge in [-0.3, -0.25) is 0 Å². The maximum Gasteiger partial charge on any atom is 0.335 e. The van der Waals surface area contributed by atoms with E-state index in [9.17, 15) is 4.79 Å². The highest BCUT2D eigenvalue weighted by Gasteiger charge is 2.11. The van der Waals surface area contributed by atoms with Gasteiger partial charge in [0, 0.05) is 10.5 Å². The number of aromatic nitrogens is 1. The van der Waals surface area contributed by atoms with Gasteiger partial charge in [0.25, 0.3) is 0 Å². The van der Waals surface area contributed by atoms with Gasteiger partial charge < -0.3 is 9.84 Å². The normalized spacial score (nSPS) is 10.3. The van der Waals surface area contributed by atoms with Crippen molar-refractivity contribution in [2.45, 2.75) is 0 Å². The second-order valence-electron chi connectivity index (χ2n) is 3.50. The predicted octanol–water partition coefficient (Wildman–Crippen LogP) is 4.64. The minimum atomic E-state index is -1.12. The lowest BCUT2D eigenvalue weighted by Gasteiger charge is -2.08. The van der Waals surface area contributed by atoms with Gasteiger partial charge in [-0.15, -0.1) is 0 Å². The van der Waals surface area contributed by atoms with Crippen LogP contribution in [0.1, 0.15) is 10.4 Å². The molecule has 0 saturated heterocycles. The van der Waals surface area contributed by atoms with Crippen LogP contribution in [-0.2, 0) is 0 Å². The molecule has 0 spiro atoms. The van der Waals surface area contributed by atoms with Crippen molar-refractivity contribution in [2.24, 2.45) is 0 Å². The lowest BCUT2D eigenvalue weighted by atomic mass is 10.3. The molecule has 98 valence electrons. The van der Waals surface area contributed by atoms with Crippen LogP contribution in [0, 0.1) is 0 Å². The number of aromatic carboxylic acids is 1. The van der Waals surface area contributed by atoms with Crippen LogP contribution >= 0.6 is 39.1 Å². The average molecular weight is 363 g/mol. The number of benzene rings is 1. The highest BCUT2D eigenvalue weighted by molar-refractivity contribution is 9.10. The number of carboxylic acids is 1. The molecular formula is C12H6BrCl2NO3. The summed E-state index contributed by atoms with van der Waals surface area (Å²) in [6, 6.07) is 7.54. The molecule has 0 saturated carbocycles. The van der Waals surface area contributed by atoms with Crippen LogP contribution in [0.2, 0.25) is 10.2 Å². The number of carboxylic acid groups (broad SMARTS) is 1. The van der Waals surface area contributed by atoms with Gasteiger partial charge >= 0.3 is 5.97 Å². The molecular weight excluding hydrogens is 357 g/mol. The summed E-state index contributed by atoms with van der Waals surface area (Å²) >= 11 is 15.0. The zero-order valence-corrected chi connectivity index (χ0v) is 12.3. The molecule has 0 aliphatic heterocycles. The number of pyridine rings is 1. The molecule has 4 nitrogen and oxygen atoms in total. The Kier molecular flexibility index (Phi) is 4.29. The van der Waals surface area contributed by atoms with Gasteiger partial charge in [-0.25, -0.2) is 9.78 Å². The minimum Gasteiger partial charge on any atom is -0.478 e. The van der Waals surface area contributed by atoms with Crippen LogP contribution in [0.15, 0.2) is 34.8 Å². The summed E-state index contributed by atoms with van der Waals surface area (Å²) in [7, 11) is 0. The standard InChI is InChI=1S/C12H6BrCl2NO3/c13-7-1-2-8(14)9(5-7)19-11-4-6(12(17)18)3-10(15)16-11/h1-5H,(H,17,18). The molecule has 0 bridgehead atoms. The van der Waals surface area contributed by atoms with E-state index in [1.807, 2.05) is 0 Å². The first kappa shape index (κ1) is 14.1. The maximum absolute atomic E-state index is 10.9. The Balaban J connectivity index is 2.38. The molecule has 0 aliphatic rings. The van der Waals surface area contributed by atoms with Crippen LogP contribution in [0.4, 0.5) is 0 Å². The van der Waals surface area contributed by atoms with Gasteiger partial charge in [0.15, 0.2) is 0 Å². The van der Waals surface area contributed by atoms with E-state index in [0.29, 0.717) is 10.8 Å². The summed E-state index contributed by atoms with van der Waals surface area (Å²) in [5.41, 5.74) is -0.0129. The Hall–Kier alpha value is -1.30. The summed E-state index contributed by atoms with van der Waals surface area (Å²) in [5, 5.41) is 9.33. The van der Waals surface area contributed by atoms with Crippen molar-refractivity contribution in [2.75, 3.05) is 0 Å². The number of ether oxygens (including phenoxy) is 1. The minimum absolute atomic E-state index is 0.0129. The third-order valence-electron chi connectivity index (χ3n) is 2.13. The summed E-state index contributed by atoms with van der Waals surface area (Å²) in [5.74, 6) is -0.707. The van der Waals surface area contributed by atoms with Crippen LogP contribution in [0.25, 0.3) is 0 Å². The van der Waals surface area contributed by atoms with Crippen molar-refractivity contribution in [3.8, 4) is 11.6 Å². The Morgan fingerprint density at radius 1 is 1.26 bits per heavy atom. The summed E-state index contributed by atoms with van der Waals surface area (Å²) < 4.78 is 6.21. The van der Waals surface area contributed by atoms with Gasteiger partial charge in [-0.2, -0.15) is 0 Å². The van der Waals surface area contributed by atoms with E-state index >= 15 is 0 Å². The topological polar surface area (TPSA) is 59.4 Å². The fourth-order valence-corrected chi connectivity index (χ4v) is 2.01. The SMILES string of the molecule is O=C(O)c1cc(Cl)nc(Oc2cc(Br)ccc2Cl)c1. The van der Waals surface area contributed by atoms with Gasteiger partial charge in [0.2, 0.25) is 5.88 Å². The van der Waals surface area contributed by atoms with Crippen molar-refractivity contribution < 1.29 is 14.6 Å². The zero-order valence-electron chi connectivity index (χ0n) is 9.23. The van der Waals surface area contributed by atoms with Gasteiger partial charge in [-0.1, -0.05) is 39.1 Å². The zero-order chi connectivity index (χ0) is 14.0. The summed E-state index contributed by atoms with van der Waals surface area (Å²) in [4.78, 5) is 14.8. The van der Waals surface area contributed by atoms with E-state index < -0.39 is 5.97 Å². The molecule has 0 radical (unpaired) electrons. The highest BCUT2D eigenvalue weighted by atomic mass is 79.9. The van der Waals surface area contributed by atoms with Gasteiger partial charge in [0.05, 0.1) is 10.6 Å². The molecule has 1 aromatic heterocycles. The molecule has 2 rings (SSSR count). The molecule has 0 amide bonds. The van der Waals surface area contributed by atoms with E-state index in [0.717, 1.165) is 4.47 Å². The van der Waals surface area contributed by atoms with Gasteiger partial charge in [0.1, 0.15) is 10.9 Å². The quantitative estimate of drug-likeness (QED) is 0.808. The van der Waals surface area contributed by atoms with Crippen LogP contribution in [-0.4, -0.2) is 16.1 Å². The Morgan fingerprint density at radius 2 is 2.00 bits per heavy atom. The third kappa shape index (κ3) is 3.59. The lowest BCUT2D eigenvalue weighted by molar-refractivity contribution is 0.0696. The van der Waals surface area contributed by atoms with E-state index in [-0.39, 0.29) is 16.6 Å². The third-order valence-corrected chi connectivity index (χ3v) is 3.12. The fraction of sp³-hybridized carbons (Fsp3) is 0. The molecule has 2 aromatic rings. The largest absolute Gasteiger partial charge is 0.478 e. The number of hydrogen-bond acceptors (Lipinski definition) is 3. The van der Waals surface area contributed by atoms with Crippen molar-refractivity contribution in [3.05, 3.63) is 50.5 Å². The molecule has 19 heavy (non-hydrogen) atoms. The Bertz CT molecular complexity index is 649. The number of nitrogens with zero attached hydrogens (tertiary/aromatic N) is 1. The number of rotatable bonds is 3. The van der Waals surface area contributed by atoms with Crippen LogP contribution in [0.3, 0.4) is 0 Å². The van der Waals surface area contributed by atoms with Crippen molar-refractivity contribution in [3.63, 3.8) is 0 Å². The second kappa shape index (κ2) is 5.77. The van der Waals surface area contributed by atoms with Crippen LogP contribution in [0.5, 0.6) is 11.6 Å². The van der Waals surface area contributed by atoms with E-state index in [1.165, 1.54) is 12.1 Å². The van der Waals surface area contributed by atoms with Crippen molar-refractivity contribution in [1.82, 2.24) is 4.98 Å². The Morgan fingerprint density at radius 3 is 2.68 bits per heavy atom. The predicted molar refractivity (Wildman–Crippen MR) is 75.4 cm³/mol. The number of hydrogen-bond donors (Lipinski definition) is 1. The molecule has 0 fully saturated rings. The molecule has 1 heterocycles. The molecule has 1 N–H and O–H groups in total. The maximum atomic E-state index is 10.9. The monoisotopic (exact) mass is 361 g/mol. The molecule has 0 unspecified atom stereocenters. The smallest absolute Gasteiger partial charge is 0.335 e. The van der Waals surface area contributed by atoms with Crippen molar-refractivity contribution >= 4 is 45.1 Å². The molecule has 0 atom stereocenters. The number of halogens is 3. The number of carbonyl (C=O) groups is 1. The summed E-state index contributed by atoms with van der Waals surface area (Å²) in [6.45, 7) is 0. The highest BCUT2D eigenvalue weighted by Crippen LogP contribution is 2.32. The first-order valence-corrected chi connectivity index (χ1v) is 6.54. The van der Waals surface area contributed by atoms with Gasteiger partial charge in [-0.05, 0) is 24.3 Å². The van der Waals surface area contributed by atoms with Crippen molar-refractivity contribution in [1.29, 1.82) is 0 Å². The van der Waals surface area contributed by atoms with E-state index in [1.54, 1.807) is 18.2 Å². The van der Waals surface area contributed by atoms with E-state index in [4.69, 9.17) is 33.0 Å². The lowest BCUT2D eigenvalue weighted by Crippen LogP contribution is -1.98. The van der Waals surface area contributed by atoms with Crippen LogP contribution < -0.4 is 4.74 Å². The fourth-order valence-electron chi connectivity index (χ4n) is 1.32. The van der Waals surface area contributed by atoms with E-state index in [2.05, 4.69) is 20.9 Å². The summed E-state index contributed by atoms with van der Waals surface area (Å²) in [6.07, 6.45) is 0. The average Bonchev–Trinajstić information content (AvgIpc) is 2.33. The molecule has 1 aromatic carbocycles.